The van der Waals surface area contributed by atoms with Gasteiger partial charge in [0.05, 0.1) is 13.7 Å². The van der Waals surface area contributed by atoms with Gasteiger partial charge in [-0.05, 0) is 35.9 Å². The molecule has 0 unspecified atom stereocenters. The minimum atomic E-state index is 0.396. The van der Waals surface area contributed by atoms with Crippen LogP contribution in [0.25, 0.3) is 0 Å². The Kier molecular flexibility index (Phi) is 5.55. The van der Waals surface area contributed by atoms with Crippen molar-refractivity contribution in [2.75, 3.05) is 13.7 Å². The summed E-state index contributed by atoms with van der Waals surface area (Å²) < 4.78 is 5.22. The van der Waals surface area contributed by atoms with Crippen LogP contribution in [0, 0.1) is 11.8 Å². The number of hydrogen-bond acceptors (Lipinski definition) is 3. The molecule has 0 spiro atoms. The number of hydrogen-bond donors (Lipinski definition) is 1. The minimum Gasteiger partial charge on any atom is -0.497 e. The van der Waals surface area contributed by atoms with Crippen LogP contribution in [0.15, 0.2) is 53.4 Å². The van der Waals surface area contributed by atoms with E-state index in [9.17, 15) is 0 Å². The summed E-state index contributed by atoms with van der Waals surface area (Å²) in [4.78, 5) is 1.20. The van der Waals surface area contributed by atoms with E-state index < -0.39 is 0 Å². The first-order valence-electron chi connectivity index (χ1n) is 6.36. The first-order valence-corrected chi connectivity index (χ1v) is 7.35. The molecular weight excluding hydrogens is 266 g/mol. The topological polar surface area (TPSA) is 35.2 Å². The second-order valence-corrected chi connectivity index (χ2v) is 5.22. The van der Waals surface area contributed by atoms with E-state index in [1.54, 1.807) is 18.9 Å². The van der Waals surface area contributed by atoms with E-state index in [2.05, 4.69) is 30.0 Å². The third-order valence-corrected chi connectivity index (χ3v) is 3.80. The number of benzene rings is 2. The Morgan fingerprint density at radius 1 is 1.15 bits per heavy atom. The lowest BCUT2D eigenvalue weighted by Gasteiger charge is -2.04. The molecule has 0 atom stereocenters. The number of rotatable bonds is 4. The number of thioether (sulfide) groups is 1. The monoisotopic (exact) mass is 283 g/mol. The second kappa shape index (κ2) is 7.64. The summed E-state index contributed by atoms with van der Waals surface area (Å²) in [5.74, 6) is 7.69. The van der Waals surface area contributed by atoms with E-state index in [-0.39, 0.29) is 0 Å². The Bertz CT molecular complexity index is 611. The summed E-state index contributed by atoms with van der Waals surface area (Å²) >= 11 is 1.79. The van der Waals surface area contributed by atoms with Crippen LogP contribution < -0.4 is 10.5 Å². The van der Waals surface area contributed by atoms with Gasteiger partial charge >= 0.3 is 0 Å². The van der Waals surface area contributed by atoms with Gasteiger partial charge in [-0.2, -0.15) is 0 Å². The molecule has 0 heterocycles. The zero-order valence-electron chi connectivity index (χ0n) is 11.4. The molecule has 0 amide bonds. The van der Waals surface area contributed by atoms with Gasteiger partial charge in [0.15, 0.2) is 0 Å². The third-order valence-electron chi connectivity index (χ3n) is 2.74. The molecular formula is C17H17NOS. The van der Waals surface area contributed by atoms with Crippen molar-refractivity contribution in [2.24, 2.45) is 5.73 Å². The molecule has 2 N–H and O–H groups in total. The maximum atomic E-state index is 5.35. The van der Waals surface area contributed by atoms with Crippen molar-refractivity contribution < 1.29 is 4.74 Å². The first-order chi connectivity index (χ1) is 9.81. The Morgan fingerprint density at radius 3 is 2.65 bits per heavy atom. The van der Waals surface area contributed by atoms with Gasteiger partial charge in [0.25, 0.3) is 0 Å². The normalized spacial score (nSPS) is 9.70. The zero-order valence-corrected chi connectivity index (χ0v) is 12.2. The van der Waals surface area contributed by atoms with E-state index in [1.165, 1.54) is 10.5 Å². The molecule has 0 bridgehead atoms. The lowest BCUT2D eigenvalue weighted by Crippen LogP contribution is -1.93. The van der Waals surface area contributed by atoms with Gasteiger partial charge in [-0.25, -0.2) is 0 Å². The van der Waals surface area contributed by atoms with Crippen LogP contribution in [0.5, 0.6) is 5.75 Å². The van der Waals surface area contributed by atoms with Crippen LogP contribution in [0.3, 0.4) is 0 Å². The molecule has 0 fully saturated rings. The molecule has 0 aliphatic heterocycles. The predicted octanol–water partition coefficient (Wildman–Crippen LogP) is 3.30. The average Bonchev–Trinajstić information content (AvgIpc) is 2.52. The number of nitrogens with two attached hydrogens (primary N) is 1. The molecule has 2 nitrogen and oxygen atoms in total. The fraction of sp³-hybridized carbons (Fsp3) is 0.176. The smallest absolute Gasteiger partial charge is 0.119 e. The van der Waals surface area contributed by atoms with Gasteiger partial charge in [-0.3, -0.25) is 0 Å². The minimum absolute atomic E-state index is 0.396. The number of methoxy groups -OCH3 is 1. The molecule has 2 aromatic rings. The highest BCUT2D eigenvalue weighted by Crippen LogP contribution is 2.26. The van der Waals surface area contributed by atoms with Gasteiger partial charge in [-0.15, -0.1) is 11.8 Å². The molecule has 2 aromatic carbocycles. The maximum absolute atomic E-state index is 5.35. The number of ether oxygens (including phenoxy) is 1. The highest BCUT2D eigenvalue weighted by Gasteiger charge is 1.98. The zero-order chi connectivity index (χ0) is 14.2. The molecule has 20 heavy (non-hydrogen) atoms. The molecule has 102 valence electrons. The van der Waals surface area contributed by atoms with Crippen molar-refractivity contribution in [3.05, 3.63) is 59.7 Å². The highest BCUT2D eigenvalue weighted by molar-refractivity contribution is 7.98. The lowest BCUT2D eigenvalue weighted by atomic mass is 10.1. The van der Waals surface area contributed by atoms with Gasteiger partial charge in [0.1, 0.15) is 5.75 Å². The molecule has 0 aromatic heterocycles. The van der Waals surface area contributed by atoms with Crippen molar-refractivity contribution in [1.29, 1.82) is 0 Å². The molecule has 3 heteroatoms. The third kappa shape index (κ3) is 4.34. The van der Waals surface area contributed by atoms with Crippen LogP contribution >= 0.6 is 11.8 Å². The van der Waals surface area contributed by atoms with E-state index in [0.29, 0.717) is 6.54 Å². The van der Waals surface area contributed by atoms with Crippen molar-refractivity contribution in [3.8, 4) is 17.6 Å². The van der Waals surface area contributed by atoms with E-state index in [4.69, 9.17) is 10.5 Å². The van der Waals surface area contributed by atoms with Gasteiger partial charge in [0, 0.05) is 16.2 Å². The molecule has 0 saturated carbocycles. The highest BCUT2D eigenvalue weighted by atomic mass is 32.2. The van der Waals surface area contributed by atoms with Gasteiger partial charge in [-0.1, -0.05) is 30.0 Å². The quantitative estimate of drug-likeness (QED) is 0.691. The standard InChI is InChI=1S/C17H17NOS/c1-19-16-5-2-6-17(12-16)20-13-15-9-7-14(8-10-15)4-3-11-18/h2,5-10,12H,11,13,18H2,1H3. The van der Waals surface area contributed by atoms with Crippen molar-refractivity contribution in [2.45, 2.75) is 10.6 Å². The van der Waals surface area contributed by atoms with Gasteiger partial charge < -0.3 is 10.5 Å². The summed E-state index contributed by atoms with van der Waals surface area (Å²) in [6.45, 7) is 0.396. The summed E-state index contributed by atoms with van der Waals surface area (Å²) in [5, 5.41) is 0. The Morgan fingerprint density at radius 2 is 1.95 bits per heavy atom. The Balaban J connectivity index is 1.96. The van der Waals surface area contributed by atoms with E-state index in [1.807, 2.05) is 30.3 Å². The van der Waals surface area contributed by atoms with Crippen LogP contribution in [0.2, 0.25) is 0 Å². The molecule has 0 saturated heterocycles. The van der Waals surface area contributed by atoms with Crippen LogP contribution in [0.4, 0.5) is 0 Å². The first kappa shape index (κ1) is 14.5. The predicted molar refractivity (Wildman–Crippen MR) is 84.9 cm³/mol. The molecule has 0 aliphatic carbocycles. The van der Waals surface area contributed by atoms with Crippen LogP contribution in [0.1, 0.15) is 11.1 Å². The average molecular weight is 283 g/mol. The fourth-order valence-electron chi connectivity index (χ4n) is 1.70. The van der Waals surface area contributed by atoms with Crippen molar-refractivity contribution >= 4 is 11.8 Å². The summed E-state index contributed by atoms with van der Waals surface area (Å²) in [6.07, 6.45) is 0. The van der Waals surface area contributed by atoms with Crippen LogP contribution in [-0.4, -0.2) is 13.7 Å². The van der Waals surface area contributed by atoms with Gasteiger partial charge in [0.2, 0.25) is 0 Å². The maximum Gasteiger partial charge on any atom is 0.119 e. The van der Waals surface area contributed by atoms with E-state index in [0.717, 1.165) is 17.1 Å². The largest absolute Gasteiger partial charge is 0.497 e. The van der Waals surface area contributed by atoms with Crippen molar-refractivity contribution in [1.82, 2.24) is 0 Å². The fourth-order valence-corrected chi connectivity index (χ4v) is 2.60. The summed E-state index contributed by atoms with van der Waals surface area (Å²) in [5.41, 5.74) is 7.63. The van der Waals surface area contributed by atoms with E-state index >= 15 is 0 Å². The molecule has 2 rings (SSSR count). The molecule has 0 aliphatic rings. The van der Waals surface area contributed by atoms with Crippen LogP contribution in [-0.2, 0) is 5.75 Å². The SMILES string of the molecule is COc1cccc(SCc2ccc(C#CCN)cc2)c1. The second-order valence-electron chi connectivity index (χ2n) is 4.17. The summed E-state index contributed by atoms with van der Waals surface area (Å²) in [6, 6.07) is 16.4. The Labute approximate surface area is 124 Å². The Hall–Kier alpha value is -1.89. The summed E-state index contributed by atoms with van der Waals surface area (Å²) in [7, 11) is 1.69. The molecule has 0 radical (unpaired) electrons. The lowest BCUT2D eigenvalue weighted by molar-refractivity contribution is 0.413. The van der Waals surface area contributed by atoms with Crippen molar-refractivity contribution in [3.63, 3.8) is 0 Å².